The average Bonchev–Trinajstić information content (AvgIpc) is 3.47. The number of oxazole rings is 2. The van der Waals surface area contributed by atoms with Gasteiger partial charge in [-0.3, -0.25) is 0 Å². The van der Waals surface area contributed by atoms with Gasteiger partial charge in [0.05, 0.1) is 20.8 Å². The molecule has 188 valence electrons. The fourth-order valence-corrected chi connectivity index (χ4v) is 3.09. The van der Waals surface area contributed by atoms with Crippen LogP contribution >= 0.6 is 0 Å². The molecule has 2 aromatic carbocycles. The first-order valence-corrected chi connectivity index (χ1v) is 10.9. The third-order valence-electron chi connectivity index (χ3n) is 4.94. The van der Waals surface area contributed by atoms with Crippen molar-refractivity contribution in [2.75, 3.05) is 20.8 Å². The maximum Gasteiger partial charge on any atom is 0.360 e. The van der Waals surface area contributed by atoms with Crippen molar-refractivity contribution < 1.29 is 37.7 Å². The third kappa shape index (κ3) is 6.09. The highest BCUT2D eigenvalue weighted by molar-refractivity contribution is 5.89. The van der Waals surface area contributed by atoms with Gasteiger partial charge in [-0.25, -0.2) is 19.6 Å². The molecule has 10 nitrogen and oxygen atoms in total. The standard InChI is InChI=1S/C14H15NO4.C12H11NO4/c1-4-18-14(16)12-9(2)19-13(15-12)10-5-7-11(17-3)8-6-10;1-7-10(12(14)15)13-11(17-7)8-3-5-9(16-2)6-4-8/h5-8H,4H2,1-3H3;3-6H,1-2H3,(H,14,15). The quantitative estimate of drug-likeness (QED) is 0.342. The fourth-order valence-electron chi connectivity index (χ4n) is 3.09. The number of esters is 1. The molecule has 0 radical (unpaired) electrons. The highest BCUT2D eigenvalue weighted by Crippen LogP contribution is 2.25. The summed E-state index contributed by atoms with van der Waals surface area (Å²) in [6, 6.07) is 14.3. The summed E-state index contributed by atoms with van der Waals surface area (Å²) in [5.41, 5.74) is 1.64. The fraction of sp³-hybridized carbons (Fsp3) is 0.231. The second kappa shape index (κ2) is 11.7. The Bertz CT molecular complexity index is 1320. The first-order chi connectivity index (χ1) is 17.3. The van der Waals surface area contributed by atoms with Crippen molar-refractivity contribution in [3.8, 4) is 34.4 Å². The van der Waals surface area contributed by atoms with Crippen molar-refractivity contribution in [3.63, 3.8) is 0 Å². The molecule has 0 aliphatic carbocycles. The van der Waals surface area contributed by atoms with Gasteiger partial charge in [0.25, 0.3) is 0 Å². The monoisotopic (exact) mass is 494 g/mol. The van der Waals surface area contributed by atoms with Crippen LogP contribution in [0.3, 0.4) is 0 Å². The maximum atomic E-state index is 11.6. The second-order valence-electron chi connectivity index (χ2n) is 7.33. The summed E-state index contributed by atoms with van der Waals surface area (Å²) >= 11 is 0. The van der Waals surface area contributed by atoms with Crippen molar-refractivity contribution >= 4 is 11.9 Å². The van der Waals surface area contributed by atoms with Gasteiger partial charge in [0.1, 0.15) is 23.0 Å². The summed E-state index contributed by atoms with van der Waals surface area (Å²) in [6.07, 6.45) is 0. The first-order valence-electron chi connectivity index (χ1n) is 10.9. The largest absolute Gasteiger partial charge is 0.497 e. The van der Waals surface area contributed by atoms with Crippen LogP contribution in [0.2, 0.25) is 0 Å². The number of hydrogen-bond donors (Lipinski definition) is 1. The summed E-state index contributed by atoms with van der Waals surface area (Å²) < 4.78 is 25.8. The third-order valence-corrected chi connectivity index (χ3v) is 4.94. The molecule has 2 heterocycles. The molecule has 0 saturated heterocycles. The van der Waals surface area contributed by atoms with E-state index in [0.717, 1.165) is 17.1 Å². The molecular weight excluding hydrogens is 468 g/mol. The second-order valence-corrected chi connectivity index (χ2v) is 7.33. The molecule has 4 aromatic rings. The Balaban J connectivity index is 0.000000202. The van der Waals surface area contributed by atoms with Crippen LogP contribution in [-0.4, -0.2) is 47.8 Å². The van der Waals surface area contributed by atoms with Gasteiger partial charge in [0, 0.05) is 11.1 Å². The number of aromatic carboxylic acids is 1. The predicted octanol–water partition coefficient (Wildman–Crippen LogP) is 5.19. The van der Waals surface area contributed by atoms with Crippen molar-refractivity contribution in [2.45, 2.75) is 20.8 Å². The van der Waals surface area contributed by atoms with Gasteiger partial charge in [-0.05, 0) is 69.3 Å². The number of aromatic nitrogens is 2. The normalized spacial score (nSPS) is 10.2. The molecule has 0 spiro atoms. The molecule has 1 N–H and O–H groups in total. The smallest absolute Gasteiger partial charge is 0.360 e. The van der Waals surface area contributed by atoms with E-state index in [1.807, 2.05) is 12.1 Å². The van der Waals surface area contributed by atoms with Crippen LogP contribution in [0.5, 0.6) is 11.5 Å². The van der Waals surface area contributed by atoms with E-state index in [1.165, 1.54) is 0 Å². The zero-order valence-electron chi connectivity index (χ0n) is 20.5. The number of carboxylic acid groups (broad SMARTS) is 1. The van der Waals surface area contributed by atoms with Gasteiger partial charge < -0.3 is 28.2 Å². The number of nitrogens with zero attached hydrogens (tertiary/aromatic N) is 2. The highest BCUT2D eigenvalue weighted by Gasteiger charge is 2.19. The summed E-state index contributed by atoms with van der Waals surface area (Å²) in [5.74, 6) is 1.33. The number of benzene rings is 2. The zero-order chi connectivity index (χ0) is 26.2. The summed E-state index contributed by atoms with van der Waals surface area (Å²) in [5, 5.41) is 8.87. The Morgan fingerprint density at radius 3 is 1.56 bits per heavy atom. The molecule has 2 aromatic heterocycles. The Hall–Kier alpha value is -4.60. The van der Waals surface area contributed by atoms with Crippen LogP contribution in [0.25, 0.3) is 22.9 Å². The van der Waals surface area contributed by atoms with Crippen LogP contribution in [0.1, 0.15) is 39.4 Å². The molecule has 0 aliphatic heterocycles. The molecule has 0 amide bonds. The van der Waals surface area contributed by atoms with E-state index in [4.69, 9.17) is 28.2 Å². The Morgan fingerprint density at radius 2 is 1.19 bits per heavy atom. The maximum absolute atomic E-state index is 11.6. The number of hydrogen-bond acceptors (Lipinski definition) is 9. The van der Waals surface area contributed by atoms with E-state index in [1.54, 1.807) is 71.4 Å². The van der Waals surface area contributed by atoms with Crippen molar-refractivity contribution in [3.05, 3.63) is 71.4 Å². The molecule has 0 bridgehead atoms. The molecule has 0 atom stereocenters. The lowest BCUT2D eigenvalue weighted by Crippen LogP contribution is -2.06. The van der Waals surface area contributed by atoms with Crippen molar-refractivity contribution in [2.24, 2.45) is 0 Å². The van der Waals surface area contributed by atoms with Gasteiger partial charge in [-0.2, -0.15) is 0 Å². The number of carbonyl (C=O) groups excluding carboxylic acids is 1. The number of methoxy groups -OCH3 is 2. The van der Waals surface area contributed by atoms with Crippen LogP contribution in [-0.2, 0) is 4.74 Å². The zero-order valence-corrected chi connectivity index (χ0v) is 20.5. The van der Waals surface area contributed by atoms with Crippen LogP contribution < -0.4 is 9.47 Å². The molecule has 36 heavy (non-hydrogen) atoms. The van der Waals surface area contributed by atoms with E-state index in [9.17, 15) is 9.59 Å². The number of rotatable bonds is 7. The van der Waals surface area contributed by atoms with E-state index < -0.39 is 11.9 Å². The molecule has 0 fully saturated rings. The molecule has 4 rings (SSSR count). The summed E-state index contributed by atoms with van der Waals surface area (Å²) in [7, 11) is 3.18. The SMILES string of the molecule is CCOC(=O)c1nc(-c2ccc(OC)cc2)oc1C.COc1ccc(-c2nc(C(=O)O)c(C)o2)cc1. The molecule has 0 aliphatic rings. The van der Waals surface area contributed by atoms with Gasteiger partial charge >= 0.3 is 11.9 Å². The van der Waals surface area contributed by atoms with Crippen LogP contribution in [0.15, 0.2) is 57.4 Å². The topological polar surface area (TPSA) is 134 Å². The number of carboxylic acids is 1. The van der Waals surface area contributed by atoms with E-state index >= 15 is 0 Å². The van der Waals surface area contributed by atoms with Crippen molar-refractivity contribution in [1.29, 1.82) is 0 Å². The van der Waals surface area contributed by atoms with Gasteiger partial charge in [-0.1, -0.05) is 0 Å². The number of aryl methyl sites for hydroxylation is 2. The predicted molar refractivity (Wildman–Crippen MR) is 129 cm³/mol. The van der Waals surface area contributed by atoms with E-state index in [2.05, 4.69) is 9.97 Å². The minimum absolute atomic E-state index is 0.0594. The molecular formula is C26H26N2O8. The first kappa shape index (κ1) is 26.0. The average molecular weight is 495 g/mol. The minimum Gasteiger partial charge on any atom is -0.497 e. The number of carbonyl (C=O) groups is 2. The Kier molecular flexibility index (Phi) is 8.45. The Morgan fingerprint density at radius 1 is 0.778 bits per heavy atom. The lowest BCUT2D eigenvalue weighted by molar-refractivity contribution is 0.0517. The summed E-state index contributed by atoms with van der Waals surface area (Å²) in [4.78, 5) is 30.6. The van der Waals surface area contributed by atoms with Gasteiger partial charge in [0.2, 0.25) is 11.8 Å². The summed E-state index contributed by atoms with van der Waals surface area (Å²) in [6.45, 7) is 5.32. The minimum atomic E-state index is -1.09. The van der Waals surface area contributed by atoms with Gasteiger partial charge in [-0.15, -0.1) is 0 Å². The van der Waals surface area contributed by atoms with E-state index in [0.29, 0.717) is 35.5 Å². The van der Waals surface area contributed by atoms with Crippen molar-refractivity contribution in [1.82, 2.24) is 9.97 Å². The van der Waals surface area contributed by atoms with E-state index in [-0.39, 0.29) is 11.4 Å². The van der Waals surface area contributed by atoms with Crippen LogP contribution in [0, 0.1) is 13.8 Å². The van der Waals surface area contributed by atoms with Crippen LogP contribution in [0.4, 0.5) is 0 Å². The van der Waals surface area contributed by atoms with Gasteiger partial charge in [0.15, 0.2) is 11.4 Å². The Labute approximate surface area is 207 Å². The molecule has 10 heteroatoms. The lowest BCUT2D eigenvalue weighted by Gasteiger charge is -1.99. The molecule has 0 saturated carbocycles. The number of ether oxygens (including phenoxy) is 3. The molecule has 0 unspecified atom stereocenters. The highest BCUT2D eigenvalue weighted by atomic mass is 16.5. The lowest BCUT2D eigenvalue weighted by atomic mass is 10.2.